The van der Waals surface area contributed by atoms with Crippen LogP contribution in [0.5, 0.6) is 0 Å². The maximum absolute atomic E-state index is 3.50. The van der Waals surface area contributed by atoms with Gasteiger partial charge in [0.2, 0.25) is 0 Å². The Hall–Kier alpha value is -0.120. The van der Waals surface area contributed by atoms with E-state index >= 15 is 0 Å². The Morgan fingerprint density at radius 2 is 1.84 bits per heavy atom. The van der Waals surface area contributed by atoms with Gasteiger partial charge < -0.3 is 15.1 Å². The Morgan fingerprint density at radius 1 is 1.11 bits per heavy atom. The van der Waals surface area contributed by atoms with Gasteiger partial charge >= 0.3 is 0 Å². The van der Waals surface area contributed by atoms with Gasteiger partial charge in [-0.2, -0.15) is 0 Å². The van der Waals surface area contributed by atoms with Crippen LogP contribution in [0.25, 0.3) is 0 Å². The number of nitrogens with one attached hydrogen (secondary N) is 1. The molecule has 2 saturated carbocycles. The molecular formula is C16H33N3. The fourth-order valence-electron chi connectivity index (χ4n) is 4.06. The largest absolute Gasteiger partial charge is 0.317 e. The van der Waals surface area contributed by atoms with E-state index in [9.17, 15) is 0 Å². The second-order valence-electron chi connectivity index (χ2n) is 7.08. The summed E-state index contributed by atoms with van der Waals surface area (Å²) in [6, 6.07) is 0.778. The highest BCUT2D eigenvalue weighted by molar-refractivity contribution is 4.98. The van der Waals surface area contributed by atoms with Crippen molar-refractivity contribution in [3.63, 3.8) is 0 Å². The Morgan fingerprint density at radius 3 is 2.37 bits per heavy atom. The zero-order valence-electron chi connectivity index (χ0n) is 13.4. The van der Waals surface area contributed by atoms with Crippen molar-refractivity contribution in [1.29, 1.82) is 0 Å². The normalized spacial score (nSPS) is 30.0. The van der Waals surface area contributed by atoms with Crippen LogP contribution in [0.4, 0.5) is 0 Å². The summed E-state index contributed by atoms with van der Waals surface area (Å²) < 4.78 is 0. The van der Waals surface area contributed by atoms with Gasteiger partial charge in [-0.3, -0.25) is 0 Å². The number of likely N-dealkylation sites (N-methyl/N-ethyl adjacent to an activating group) is 2. The van der Waals surface area contributed by atoms with Crippen molar-refractivity contribution in [1.82, 2.24) is 15.1 Å². The van der Waals surface area contributed by atoms with Gasteiger partial charge in [0.1, 0.15) is 0 Å². The molecule has 19 heavy (non-hydrogen) atoms. The van der Waals surface area contributed by atoms with E-state index < -0.39 is 0 Å². The summed E-state index contributed by atoms with van der Waals surface area (Å²) in [4.78, 5) is 5.03. The van der Waals surface area contributed by atoms with Gasteiger partial charge in [-0.15, -0.1) is 0 Å². The molecule has 1 N–H and O–H groups in total. The van der Waals surface area contributed by atoms with E-state index in [1.807, 2.05) is 0 Å². The number of rotatable bonds is 7. The first-order valence-corrected chi connectivity index (χ1v) is 8.11. The molecule has 3 heteroatoms. The van der Waals surface area contributed by atoms with Crippen LogP contribution in [-0.4, -0.2) is 62.7 Å². The van der Waals surface area contributed by atoms with Gasteiger partial charge in [0.25, 0.3) is 0 Å². The molecule has 0 amide bonds. The van der Waals surface area contributed by atoms with Gasteiger partial charge in [0.15, 0.2) is 0 Å². The lowest BCUT2D eigenvalue weighted by Gasteiger charge is -2.49. The summed E-state index contributed by atoms with van der Waals surface area (Å²) in [6.07, 6.45) is 9.77. The fourth-order valence-corrected chi connectivity index (χ4v) is 4.06. The van der Waals surface area contributed by atoms with Crippen LogP contribution in [0, 0.1) is 5.92 Å². The van der Waals surface area contributed by atoms with Crippen molar-refractivity contribution >= 4 is 0 Å². The second-order valence-corrected chi connectivity index (χ2v) is 7.08. The van der Waals surface area contributed by atoms with Crippen molar-refractivity contribution in [3.8, 4) is 0 Å². The summed E-state index contributed by atoms with van der Waals surface area (Å²) in [7, 11) is 8.94. The van der Waals surface area contributed by atoms with Crippen molar-refractivity contribution in [2.24, 2.45) is 5.92 Å². The Kier molecular flexibility index (Phi) is 5.27. The minimum Gasteiger partial charge on any atom is -0.317 e. The van der Waals surface area contributed by atoms with Gasteiger partial charge in [0, 0.05) is 18.1 Å². The first-order chi connectivity index (χ1) is 9.07. The lowest BCUT2D eigenvalue weighted by atomic mass is 9.75. The quantitative estimate of drug-likeness (QED) is 0.763. The molecule has 2 aliphatic rings. The molecule has 0 spiro atoms. The summed E-state index contributed by atoms with van der Waals surface area (Å²) in [5.41, 5.74) is 0.479. The first-order valence-electron chi connectivity index (χ1n) is 8.11. The molecule has 2 fully saturated rings. The summed E-state index contributed by atoms with van der Waals surface area (Å²) >= 11 is 0. The zero-order valence-corrected chi connectivity index (χ0v) is 13.4. The highest BCUT2D eigenvalue weighted by atomic mass is 15.2. The van der Waals surface area contributed by atoms with Crippen LogP contribution < -0.4 is 5.32 Å². The zero-order chi connectivity index (χ0) is 13.9. The predicted molar refractivity (Wildman–Crippen MR) is 82.6 cm³/mol. The average molecular weight is 267 g/mol. The van der Waals surface area contributed by atoms with E-state index in [-0.39, 0.29) is 0 Å². The molecule has 0 radical (unpaired) electrons. The van der Waals surface area contributed by atoms with Gasteiger partial charge in [-0.05, 0) is 79.2 Å². The Labute approximate surface area is 119 Å². The minimum absolute atomic E-state index is 0.479. The third-order valence-corrected chi connectivity index (χ3v) is 5.71. The highest BCUT2D eigenvalue weighted by Gasteiger charge is 2.39. The molecule has 0 heterocycles. The molecule has 0 aromatic heterocycles. The molecule has 0 aliphatic heterocycles. The van der Waals surface area contributed by atoms with Crippen LogP contribution in [0.2, 0.25) is 0 Å². The van der Waals surface area contributed by atoms with Crippen molar-refractivity contribution < 1.29 is 0 Å². The number of hydrogen-bond donors (Lipinski definition) is 1. The molecule has 2 rings (SSSR count). The van der Waals surface area contributed by atoms with E-state index in [0.717, 1.165) is 12.0 Å². The number of hydrogen-bond acceptors (Lipinski definition) is 3. The molecule has 2 atom stereocenters. The SMILES string of the molecule is CNC1CCCC1CCN(C)CC1(N(C)C)CCC1. The van der Waals surface area contributed by atoms with Crippen molar-refractivity contribution in [2.75, 3.05) is 41.3 Å². The standard InChI is InChI=1S/C16H33N3/c1-17-15-8-5-7-14(15)9-12-19(4)13-16(18(2)3)10-6-11-16/h14-15,17H,5-13H2,1-4H3. The predicted octanol–water partition coefficient (Wildman–Crippen LogP) is 2.18. The lowest BCUT2D eigenvalue weighted by Crippen LogP contribution is -2.56. The van der Waals surface area contributed by atoms with Crippen LogP contribution >= 0.6 is 0 Å². The smallest absolute Gasteiger partial charge is 0.0330 e. The molecule has 0 aromatic carbocycles. The summed E-state index contributed by atoms with van der Waals surface area (Å²) in [5.74, 6) is 0.907. The van der Waals surface area contributed by atoms with E-state index in [1.54, 1.807) is 0 Å². The molecule has 0 aromatic rings. The lowest BCUT2D eigenvalue weighted by molar-refractivity contribution is 0.0264. The molecule has 2 aliphatic carbocycles. The van der Waals surface area contributed by atoms with Crippen molar-refractivity contribution in [2.45, 2.75) is 56.5 Å². The van der Waals surface area contributed by atoms with E-state index in [2.05, 4.69) is 43.3 Å². The summed E-state index contributed by atoms with van der Waals surface area (Å²) in [5, 5.41) is 3.50. The highest BCUT2D eigenvalue weighted by Crippen LogP contribution is 2.37. The molecule has 0 saturated heterocycles. The topological polar surface area (TPSA) is 18.5 Å². The maximum atomic E-state index is 3.50. The maximum Gasteiger partial charge on any atom is 0.0330 e. The third-order valence-electron chi connectivity index (χ3n) is 5.71. The Balaban J connectivity index is 1.74. The third kappa shape index (κ3) is 3.50. The monoisotopic (exact) mass is 267 g/mol. The molecule has 0 bridgehead atoms. The van der Waals surface area contributed by atoms with Gasteiger partial charge in [0.05, 0.1) is 0 Å². The molecular weight excluding hydrogens is 234 g/mol. The second kappa shape index (κ2) is 6.55. The Bertz CT molecular complexity index is 273. The molecule has 3 nitrogen and oxygen atoms in total. The summed E-state index contributed by atoms with van der Waals surface area (Å²) in [6.45, 7) is 2.51. The fraction of sp³-hybridized carbons (Fsp3) is 1.00. The number of nitrogens with zero attached hydrogens (tertiary/aromatic N) is 2. The van der Waals surface area contributed by atoms with E-state index in [1.165, 1.54) is 58.0 Å². The first kappa shape index (κ1) is 15.3. The molecule has 112 valence electrons. The van der Waals surface area contributed by atoms with Gasteiger partial charge in [-0.1, -0.05) is 6.42 Å². The van der Waals surface area contributed by atoms with Crippen LogP contribution in [0.1, 0.15) is 44.9 Å². The van der Waals surface area contributed by atoms with E-state index in [4.69, 9.17) is 0 Å². The van der Waals surface area contributed by atoms with Gasteiger partial charge in [-0.25, -0.2) is 0 Å². The van der Waals surface area contributed by atoms with Crippen molar-refractivity contribution in [3.05, 3.63) is 0 Å². The average Bonchev–Trinajstić information content (AvgIpc) is 2.78. The van der Waals surface area contributed by atoms with Crippen LogP contribution in [0.3, 0.4) is 0 Å². The van der Waals surface area contributed by atoms with Crippen LogP contribution in [-0.2, 0) is 0 Å². The minimum atomic E-state index is 0.479. The van der Waals surface area contributed by atoms with Crippen LogP contribution in [0.15, 0.2) is 0 Å². The van der Waals surface area contributed by atoms with E-state index in [0.29, 0.717) is 5.54 Å². The molecule has 2 unspecified atom stereocenters.